The first-order valence-corrected chi connectivity index (χ1v) is 8.32. The van der Waals surface area contributed by atoms with Crippen LogP contribution >= 0.6 is 11.8 Å². The van der Waals surface area contributed by atoms with E-state index in [1.54, 1.807) is 19.5 Å². The summed E-state index contributed by atoms with van der Waals surface area (Å²) in [5.74, 6) is 0.743. The summed E-state index contributed by atoms with van der Waals surface area (Å²) in [7, 11) is 1.61. The normalized spacial score (nSPS) is 12.1. The average Bonchev–Trinajstić information content (AvgIpc) is 2.98. The zero-order chi connectivity index (χ0) is 16.7. The first-order valence-electron chi connectivity index (χ1n) is 7.44. The van der Waals surface area contributed by atoms with Crippen LogP contribution in [0.15, 0.2) is 29.7 Å². The first kappa shape index (κ1) is 17.4. The molecule has 0 aromatic carbocycles. The van der Waals surface area contributed by atoms with E-state index >= 15 is 0 Å². The molecule has 0 aliphatic heterocycles. The van der Waals surface area contributed by atoms with Gasteiger partial charge in [-0.25, -0.2) is 0 Å². The SMILES string of the molecule is CCn1c(S[C@@H](C)C(=O)NCCOC)nnc1-c1ccncc1. The molecule has 1 N–H and O–H groups in total. The molecule has 0 radical (unpaired) electrons. The largest absolute Gasteiger partial charge is 0.383 e. The smallest absolute Gasteiger partial charge is 0.233 e. The van der Waals surface area contributed by atoms with E-state index < -0.39 is 0 Å². The summed E-state index contributed by atoms with van der Waals surface area (Å²) in [5, 5.41) is 11.8. The molecule has 1 amide bonds. The van der Waals surface area contributed by atoms with Crippen LogP contribution in [0.5, 0.6) is 0 Å². The molecule has 23 heavy (non-hydrogen) atoms. The van der Waals surface area contributed by atoms with Gasteiger partial charge in [-0.15, -0.1) is 10.2 Å². The fourth-order valence-electron chi connectivity index (χ4n) is 2.01. The predicted molar refractivity (Wildman–Crippen MR) is 89.1 cm³/mol. The van der Waals surface area contributed by atoms with Crippen LogP contribution < -0.4 is 5.32 Å². The summed E-state index contributed by atoms with van der Waals surface area (Å²) in [6, 6.07) is 3.79. The number of amides is 1. The highest BCUT2D eigenvalue weighted by Crippen LogP contribution is 2.26. The highest BCUT2D eigenvalue weighted by atomic mass is 32.2. The van der Waals surface area contributed by atoms with E-state index in [4.69, 9.17) is 4.74 Å². The molecule has 2 rings (SSSR count). The number of carbonyl (C=O) groups is 1. The standard InChI is InChI=1S/C15H21N5O2S/c1-4-20-13(12-5-7-16-8-6-12)18-19-15(20)23-11(2)14(21)17-9-10-22-3/h5-8,11H,4,9-10H2,1-3H3,(H,17,21)/t11-/m0/s1. The monoisotopic (exact) mass is 335 g/mol. The summed E-state index contributed by atoms with van der Waals surface area (Å²) < 4.78 is 6.92. The minimum Gasteiger partial charge on any atom is -0.383 e. The average molecular weight is 335 g/mol. The van der Waals surface area contributed by atoms with Crippen LogP contribution in [0, 0.1) is 0 Å². The van der Waals surface area contributed by atoms with Crippen molar-refractivity contribution in [1.82, 2.24) is 25.1 Å². The van der Waals surface area contributed by atoms with Crippen molar-refractivity contribution in [2.45, 2.75) is 30.8 Å². The number of methoxy groups -OCH3 is 1. The molecule has 7 nitrogen and oxygen atoms in total. The van der Waals surface area contributed by atoms with Gasteiger partial charge in [0.15, 0.2) is 11.0 Å². The number of pyridine rings is 1. The van der Waals surface area contributed by atoms with E-state index in [1.807, 2.05) is 30.5 Å². The van der Waals surface area contributed by atoms with E-state index in [0.717, 1.165) is 23.1 Å². The lowest BCUT2D eigenvalue weighted by molar-refractivity contribution is -0.120. The molecule has 2 heterocycles. The number of nitrogens with one attached hydrogen (secondary N) is 1. The molecule has 2 aromatic rings. The first-order chi connectivity index (χ1) is 11.2. The van der Waals surface area contributed by atoms with Crippen LogP contribution in [-0.2, 0) is 16.1 Å². The Morgan fingerprint density at radius 3 is 2.78 bits per heavy atom. The number of aromatic nitrogens is 4. The Kier molecular flexibility index (Phi) is 6.54. The van der Waals surface area contributed by atoms with Crippen LogP contribution in [0.4, 0.5) is 0 Å². The number of thioether (sulfide) groups is 1. The third kappa shape index (κ3) is 4.52. The topological polar surface area (TPSA) is 81.9 Å². The molecular weight excluding hydrogens is 314 g/mol. The maximum absolute atomic E-state index is 12.0. The Bertz CT molecular complexity index is 632. The predicted octanol–water partition coefficient (Wildman–Crippen LogP) is 1.60. The van der Waals surface area contributed by atoms with Crippen molar-refractivity contribution in [2.24, 2.45) is 0 Å². The highest BCUT2D eigenvalue weighted by Gasteiger charge is 2.19. The molecule has 1 atom stereocenters. The Balaban J connectivity index is 2.09. The lowest BCUT2D eigenvalue weighted by atomic mass is 10.2. The van der Waals surface area contributed by atoms with Gasteiger partial charge in [-0.3, -0.25) is 9.78 Å². The van der Waals surface area contributed by atoms with Crippen molar-refractivity contribution in [3.8, 4) is 11.4 Å². The number of carbonyl (C=O) groups excluding carboxylic acids is 1. The third-order valence-electron chi connectivity index (χ3n) is 3.23. The summed E-state index contributed by atoms with van der Waals surface area (Å²) in [4.78, 5) is 16.1. The number of rotatable bonds is 8. The van der Waals surface area contributed by atoms with Crippen LogP contribution in [-0.4, -0.2) is 51.2 Å². The van der Waals surface area contributed by atoms with Crippen molar-refractivity contribution in [3.63, 3.8) is 0 Å². The highest BCUT2D eigenvalue weighted by molar-refractivity contribution is 8.00. The van der Waals surface area contributed by atoms with Crippen LogP contribution in [0.2, 0.25) is 0 Å². The zero-order valence-electron chi connectivity index (χ0n) is 13.5. The fourth-order valence-corrected chi connectivity index (χ4v) is 2.94. The second-order valence-electron chi connectivity index (χ2n) is 4.83. The van der Waals surface area contributed by atoms with E-state index in [1.165, 1.54) is 11.8 Å². The van der Waals surface area contributed by atoms with Crippen molar-refractivity contribution < 1.29 is 9.53 Å². The van der Waals surface area contributed by atoms with Gasteiger partial charge in [0.2, 0.25) is 5.91 Å². The Morgan fingerprint density at radius 2 is 2.13 bits per heavy atom. The molecule has 0 saturated carbocycles. The minimum absolute atomic E-state index is 0.0387. The molecule has 0 fully saturated rings. The summed E-state index contributed by atoms with van der Waals surface area (Å²) >= 11 is 1.40. The maximum atomic E-state index is 12.0. The van der Waals surface area contributed by atoms with Crippen LogP contribution in [0.25, 0.3) is 11.4 Å². The summed E-state index contributed by atoms with van der Waals surface area (Å²) in [5.41, 5.74) is 0.957. The molecule has 0 aliphatic carbocycles. The van der Waals surface area contributed by atoms with Gasteiger partial charge in [0, 0.05) is 38.2 Å². The van der Waals surface area contributed by atoms with Gasteiger partial charge in [0.05, 0.1) is 11.9 Å². The Morgan fingerprint density at radius 1 is 1.39 bits per heavy atom. The summed E-state index contributed by atoms with van der Waals surface area (Å²) in [6.07, 6.45) is 3.45. The van der Waals surface area contributed by atoms with E-state index in [9.17, 15) is 4.79 Å². The molecule has 2 aromatic heterocycles. The second kappa shape index (κ2) is 8.64. The third-order valence-corrected chi connectivity index (χ3v) is 4.31. The van der Waals surface area contributed by atoms with Crippen molar-refractivity contribution in [1.29, 1.82) is 0 Å². The van der Waals surface area contributed by atoms with Gasteiger partial charge in [-0.1, -0.05) is 11.8 Å². The molecule has 0 spiro atoms. The van der Waals surface area contributed by atoms with E-state index in [2.05, 4.69) is 20.5 Å². The molecule has 8 heteroatoms. The molecule has 0 aliphatic rings. The van der Waals surface area contributed by atoms with Gasteiger partial charge < -0.3 is 14.6 Å². The molecule has 124 valence electrons. The lowest BCUT2D eigenvalue weighted by Gasteiger charge is -2.12. The quantitative estimate of drug-likeness (QED) is 0.583. The molecule has 0 bridgehead atoms. The Labute approximate surface area is 139 Å². The van der Waals surface area contributed by atoms with Gasteiger partial charge >= 0.3 is 0 Å². The summed E-state index contributed by atoms with van der Waals surface area (Å²) in [6.45, 7) is 5.61. The zero-order valence-corrected chi connectivity index (χ0v) is 14.3. The van der Waals surface area contributed by atoms with Crippen LogP contribution in [0.3, 0.4) is 0 Å². The number of hydrogen-bond donors (Lipinski definition) is 1. The minimum atomic E-state index is -0.258. The van der Waals surface area contributed by atoms with Crippen molar-refractivity contribution >= 4 is 17.7 Å². The van der Waals surface area contributed by atoms with Gasteiger partial charge in [0.25, 0.3) is 0 Å². The molecule has 0 unspecified atom stereocenters. The van der Waals surface area contributed by atoms with Gasteiger partial charge in [-0.2, -0.15) is 0 Å². The van der Waals surface area contributed by atoms with Crippen molar-refractivity contribution in [2.75, 3.05) is 20.3 Å². The maximum Gasteiger partial charge on any atom is 0.233 e. The van der Waals surface area contributed by atoms with Gasteiger partial charge in [0.1, 0.15) is 0 Å². The second-order valence-corrected chi connectivity index (χ2v) is 6.14. The molecule has 0 saturated heterocycles. The Hall–Kier alpha value is -1.93. The number of ether oxygens (including phenoxy) is 1. The van der Waals surface area contributed by atoms with Gasteiger partial charge in [-0.05, 0) is 26.0 Å². The van der Waals surface area contributed by atoms with Crippen molar-refractivity contribution in [3.05, 3.63) is 24.5 Å². The van der Waals surface area contributed by atoms with Crippen LogP contribution in [0.1, 0.15) is 13.8 Å². The lowest BCUT2D eigenvalue weighted by Crippen LogP contribution is -2.33. The fraction of sp³-hybridized carbons (Fsp3) is 0.467. The number of hydrogen-bond acceptors (Lipinski definition) is 6. The van der Waals surface area contributed by atoms with E-state index in [0.29, 0.717) is 13.2 Å². The number of nitrogens with zero attached hydrogens (tertiary/aromatic N) is 4. The molecular formula is C15H21N5O2S. The van der Waals surface area contributed by atoms with E-state index in [-0.39, 0.29) is 11.2 Å².